The minimum atomic E-state index is -3.44. The number of sulfonamides is 1. The number of aryl methyl sites for hydroxylation is 1. The van der Waals surface area contributed by atoms with E-state index in [9.17, 15) is 8.42 Å². The maximum Gasteiger partial charge on any atom is 0.240 e. The van der Waals surface area contributed by atoms with Crippen LogP contribution >= 0.6 is 11.8 Å². The molecule has 0 spiro atoms. The molecule has 1 aromatic carbocycles. The first-order valence-electron chi connectivity index (χ1n) is 6.72. The van der Waals surface area contributed by atoms with Crippen molar-refractivity contribution in [3.63, 3.8) is 0 Å². The van der Waals surface area contributed by atoms with E-state index in [0.29, 0.717) is 11.4 Å². The van der Waals surface area contributed by atoms with Crippen molar-refractivity contribution in [1.29, 1.82) is 0 Å². The molecule has 0 amide bonds. The van der Waals surface area contributed by atoms with Gasteiger partial charge in [-0.05, 0) is 49.9 Å². The third-order valence-corrected chi connectivity index (χ3v) is 5.39. The van der Waals surface area contributed by atoms with Gasteiger partial charge in [0.25, 0.3) is 0 Å². The van der Waals surface area contributed by atoms with Crippen LogP contribution in [0.15, 0.2) is 23.1 Å². The largest absolute Gasteiger partial charge is 0.313 e. The lowest BCUT2D eigenvalue weighted by Crippen LogP contribution is -2.34. The van der Waals surface area contributed by atoms with E-state index in [2.05, 4.69) is 10.0 Å². The molecule has 114 valence electrons. The smallest absolute Gasteiger partial charge is 0.240 e. The molecule has 6 heteroatoms. The van der Waals surface area contributed by atoms with Gasteiger partial charge in [-0.2, -0.15) is 11.8 Å². The molecule has 2 N–H and O–H groups in total. The van der Waals surface area contributed by atoms with Crippen molar-refractivity contribution in [2.45, 2.75) is 38.3 Å². The van der Waals surface area contributed by atoms with Crippen molar-refractivity contribution in [2.75, 3.05) is 18.6 Å². The van der Waals surface area contributed by atoms with Gasteiger partial charge in [0, 0.05) is 18.3 Å². The topological polar surface area (TPSA) is 58.2 Å². The molecule has 0 saturated carbocycles. The molecule has 0 aliphatic carbocycles. The van der Waals surface area contributed by atoms with Gasteiger partial charge in [-0.25, -0.2) is 13.1 Å². The molecule has 1 rings (SSSR count). The summed E-state index contributed by atoms with van der Waals surface area (Å²) in [6, 6.07) is 5.21. The normalized spacial score (nSPS) is 13.4. The van der Waals surface area contributed by atoms with Crippen molar-refractivity contribution in [3.05, 3.63) is 29.3 Å². The fourth-order valence-electron chi connectivity index (χ4n) is 1.88. The van der Waals surface area contributed by atoms with Gasteiger partial charge in [0.1, 0.15) is 0 Å². The summed E-state index contributed by atoms with van der Waals surface area (Å²) in [4.78, 5) is 0.337. The van der Waals surface area contributed by atoms with Crippen molar-refractivity contribution in [3.8, 4) is 0 Å². The lowest BCUT2D eigenvalue weighted by atomic mass is 10.1. The number of thioether (sulfide) groups is 1. The standard InChI is InChI=1S/C14H24N2O2S2/c1-5-15-9-13-8-14(7-6-11(13)2)20(17,18)16-12(3)10-19-4/h6-8,12,15-16H,5,9-10H2,1-4H3. The Hall–Kier alpha value is -0.560. The third kappa shape index (κ3) is 5.09. The summed E-state index contributed by atoms with van der Waals surface area (Å²) in [5, 5.41) is 3.23. The Morgan fingerprint density at radius 3 is 2.65 bits per heavy atom. The highest BCUT2D eigenvalue weighted by molar-refractivity contribution is 7.98. The monoisotopic (exact) mass is 316 g/mol. The van der Waals surface area contributed by atoms with Gasteiger partial charge in [-0.1, -0.05) is 13.0 Å². The van der Waals surface area contributed by atoms with Gasteiger partial charge in [-0.3, -0.25) is 0 Å². The minimum Gasteiger partial charge on any atom is -0.313 e. The average Bonchev–Trinajstić information content (AvgIpc) is 2.37. The Morgan fingerprint density at radius 1 is 1.35 bits per heavy atom. The van der Waals surface area contributed by atoms with E-state index in [1.54, 1.807) is 23.9 Å². The van der Waals surface area contributed by atoms with Gasteiger partial charge in [-0.15, -0.1) is 0 Å². The summed E-state index contributed by atoms with van der Waals surface area (Å²) in [7, 11) is -3.44. The quantitative estimate of drug-likeness (QED) is 0.771. The average molecular weight is 316 g/mol. The Bertz CT molecular complexity index is 530. The van der Waals surface area contributed by atoms with Crippen molar-refractivity contribution < 1.29 is 8.42 Å². The van der Waals surface area contributed by atoms with E-state index >= 15 is 0 Å². The molecule has 20 heavy (non-hydrogen) atoms. The zero-order valence-corrected chi connectivity index (χ0v) is 14.2. The van der Waals surface area contributed by atoms with E-state index in [1.807, 2.05) is 33.1 Å². The predicted octanol–water partition coefficient (Wildman–Crippen LogP) is 2.13. The molecule has 1 aromatic rings. The lowest BCUT2D eigenvalue weighted by molar-refractivity contribution is 0.571. The van der Waals surface area contributed by atoms with Crippen molar-refractivity contribution in [1.82, 2.24) is 10.0 Å². The number of nitrogens with one attached hydrogen (secondary N) is 2. The summed E-state index contributed by atoms with van der Waals surface area (Å²) in [5.41, 5.74) is 2.12. The number of benzene rings is 1. The molecule has 0 radical (unpaired) electrons. The van der Waals surface area contributed by atoms with Crippen LogP contribution in [0.25, 0.3) is 0 Å². The minimum absolute atomic E-state index is 0.0754. The molecular weight excluding hydrogens is 292 g/mol. The van der Waals surface area contributed by atoms with Crippen molar-refractivity contribution in [2.24, 2.45) is 0 Å². The summed E-state index contributed by atoms with van der Waals surface area (Å²) < 4.78 is 27.3. The van der Waals surface area contributed by atoms with Crippen LogP contribution in [0, 0.1) is 6.92 Å². The molecule has 0 bridgehead atoms. The van der Waals surface area contributed by atoms with E-state index < -0.39 is 10.0 Å². The fourth-order valence-corrected chi connectivity index (χ4v) is 3.86. The SMILES string of the molecule is CCNCc1cc(S(=O)(=O)NC(C)CSC)ccc1C. The summed E-state index contributed by atoms with van der Waals surface area (Å²) in [6.45, 7) is 7.45. The second-order valence-corrected chi connectivity index (χ2v) is 7.47. The van der Waals surface area contributed by atoms with Crippen LogP contribution < -0.4 is 10.0 Å². The van der Waals surface area contributed by atoms with Crippen LogP contribution in [0.3, 0.4) is 0 Å². The number of hydrogen-bond acceptors (Lipinski definition) is 4. The Balaban J connectivity index is 2.94. The van der Waals surface area contributed by atoms with Crippen LogP contribution in [-0.4, -0.2) is 33.0 Å². The highest BCUT2D eigenvalue weighted by Gasteiger charge is 2.17. The first-order chi connectivity index (χ1) is 9.40. The van der Waals surface area contributed by atoms with Gasteiger partial charge in [0.15, 0.2) is 0 Å². The molecule has 0 aromatic heterocycles. The van der Waals surface area contributed by atoms with Crippen LogP contribution in [0.5, 0.6) is 0 Å². The third-order valence-electron chi connectivity index (χ3n) is 2.97. The highest BCUT2D eigenvalue weighted by Crippen LogP contribution is 2.16. The second kappa shape index (κ2) is 8.02. The van der Waals surface area contributed by atoms with Gasteiger partial charge >= 0.3 is 0 Å². The lowest BCUT2D eigenvalue weighted by Gasteiger charge is -2.14. The summed E-state index contributed by atoms with van der Waals surface area (Å²) >= 11 is 1.63. The second-order valence-electron chi connectivity index (χ2n) is 4.85. The van der Waals surface area contributed by atoms with Crippen molar-refractivity contribution >= 4 is 21.8 Å². The molecule has 0 heterocycles. The molecule has 1 atom stereocenters. The predicted molar refractivity (Wildman–Crippen MR) is 86.7 cm³/mol. The molecular formula is C14H24N2O2S2. The molecule has 0 aliphatic heterocycles. The summed E-state index contributed by atoms with van der Waals surface area (Å²) in [6.07, 6.45) is 1.96. The fraction of sp³-hybridized carbons (Fsp3) is 0.571. The van der Waals surface area contributed by atoms with Gasteiger partial charge < -0.3 is 5.32 Å². The van der Waals surface area contributed by atoms with E-state index in [1.165, 1.54) is 0 Å². The summed E-state index contributed by atoms with van der Waals surface area (Å²) in [5.74, 6) is 0.759. The van der Waals surface area contributed by atoms with E-state index in [4.69, 9.17) is 0 Å². The van der Waals surface area contributed by atoms with Crippen LogP contribution in [0.2, 0.25) is 0 Å². The van der Waals surface area contributed by atoms with Gasteiger partial charge in [0.05, 0.1) is 4.90 Å². The zero-order valence-electron chi connectivity index (χ0n) is 12.6. The Labute approximate surface area is 126 Å². The first kappa shape index (κ1) is 17.5. The Morgan fingerprint density at radius 2 is 2.05 bits per heavy atom. The van der Waals surface area contributed by atoms with Crippen LogP contribution in [-0.2, 0) is 16.6 Å². The maximum absolute atomic E-state index is 12.3. The zero-order chi connectivity index (χ0) is 15.2. The van der Waals surface area contributed by atoms with Crippen LogP contribution in [0.4, 0.5) is 0 Å². The molecule has 0 aliphatic rings. The van der Waals surface area contributed by atoms with Crippen LogP contribution in [0.1, 0.15) is 25.0 Å². The Kier molecular flexibility index (Phi) is 7.02. The molecule has 1 unspecified atom stereocenters. The van der Waals surface area contributed by atoms with E-state index in [0.717, 1.165) is 23.4 Å². The molecule has 0 fully saturated rings. The van der Waals surface area contributed by atoms with E-state index in [-0.39, 0.29) is 6.04 Å². The number of hydrogen-bond donors (Lipinski definition) is 2. The highest BCUT2D eigenvalue weighted by atomic mass is 32.2. The van der Waals surface area contributed by atoms with Gasteiger partial charge in [0.2, 0.25) is 10.0 Å². The molecule has 4 nitrogen and oxygen atoms in total. The first-order valence-corrected chi connectivity index (χ1v) is 9.60. The maximum atomic E-state index is 12.3. The number of rotatable bonds is 8. The molecule has 0 saturated heterocycles.